The fourth-order valence-corrected chi connectivity index (χ4v) is 3.39. The monoisotopic (exact) mass is 384 g/mol. The number of fused-ring (bicyclic) bond motifs is 1. The summed E-state index contributed by atoms with van der Waals surface area (Å²) in [5.74, 6) is 0.294. The maximum Gasteiger partial charge on any atom is 0.260 e. The minimum absolute atomic E-state index is 0.0108. The van der Waals surface area contributed by atoms with E-state index < -0.39 is 0 Å². The Hall–Kier alpha value is -2.79. The van der Waals surface area contributed by atoms with Crippen LogP contribution >= 0.6 is 11.6 Å². The summed E-state index contributed by atoms with van der Waals surface area (Å²) in [5, 5.41) is 1.49. The largest absolute Gasteiger partial charge is 0.484 e. The van der Waals surface area contributed by atoms with Gasteiger partial charge in [0.25, 0.3) is 5.91 Å². The molecule has 1 N–H and O–H groups in total. The molecular formula is C21H18ClFN2O2. The second kappa shape index (κ2) is 7.45. The van der Waals surface area contributed by atoms with E-state index in [1.165, 1.54) is 6.07 Å². The fraction of sp³-hybridized carbons (Fsp3) is 0.190. The van der Waals surface area contributed by atoms with Crippen molar-refractivity contribution in [1.29, 1.82) is 0 Å². The van der Waals surface area contributed by atoms with E-state index in [0.29, 0.717) is 23.9 Å². The molecule has 1 aliphatic rings. The third-order valence-corrected chi connectivity index (χ3v) is 4.98. The number of benzene rings is 2. The molecule has 0 radical (unpaired) electrons. The first-order valence-corrected chi connectivity index (χ1v) is 9.10. The van der Waals surface area contributed by atoms with Crippen molar-refractivity contribution >= 4 is 34.0 Å². The van der Waals surface area contributed by atoms with Crippen molar-refractivity contribution in [2.45, 2.75) is 6.42 Å². The smallest absolute Gasteiger partial charge is 0.260 e. The van der Waals surface area contributed by atoms with Gasteiger partial charge in [-0.2, -0.15) is 0 Å². The van der Waals surface area contributed by atoms with Gasteiger partial charge >= 0.3 is 0 Å². The minimum Gasteiger partial charge on any atom is -0.484 e. The van der Waals surface area contributed by atoms with Crippen LogP contribution in [-0.4, -0.2) is 35.5 Å². The molecule has 0 atom stereocenters. The lowest BCUT2D eigenvalue weighted by Gasteiger charge is -2.26. The van der Waals surface area contributed by atoms with E-state index in [1.807, 2.05) is 12.3 Å². The van der Waals surface area contributed by atoms with Gasteiger partial charge in [-0.25, -0.2) is 4.39 Å². The molecule has 1 aromatic heterocycles. The summed E-state index contributed by atoms with van der Waals surface area (Å²) >= 11 is 5.84. The number of hydrogen-bond donors (Lipinski definition) is 1. The van der Waals surface area contributed by atoms with E-state index in [9.17, 15) is 9.18 Å². The molecule has 6 heteroatoms. The predicted molar refractivity (Wildman–Crippen MR) is 104 cm³/mol. The Balaban J connectivity index is 1.41. The third kappa shape index (κ3) is 3.83. The summed E-state index contributed by atoms with van der Waals surface area (Å²) in [6.45, 7) is 1.11. The third-order valence-electron chi connectivity index (χ3n) is 4.73. The summed E-state index contributed by atoms with van der Waals surface area (Å²) in [7, 11) is 0. The van der Waals surface area contributed by atoms with Crippen molar-refractivity contribution in [1.82, 2.24) is 9.88 Å². The molecule has 3 aromatic rings. The summed E-state index contributed by atoms with van der Waals surface area (Å²) < 4.78 is 19.1. The maximum absolute atomic E-state index is 13.6. The van der Waals surface area contributed by atoms with Crippen LogP contribution in [0.3, 0.4) is 0 Å². The van der Waals surface area contributed by atoms with E-state index in [4.69, 9.17) is 16.3 Å². The van der Waals surface area contributed by atoms with Crippen LogP contribution in [0, 0.1) is 5.82 Å². The molecule has 1 aliphatic heterocycles. The molecule has 0 bridgehead atoms. The number of H-pyrrole nitrogens is 1. The Labute approximate surface area is 161 Å². The highest BCUT2D eigenvalue weighted by atomic mass is 35.5. The quantitative estimate of drug-likeness (QED) is 0.711. The number of aromatic amines is 1. The Morgan fingerprint density at radius 3 is 2.78 bits per heavy atom. The van der Waals surface area contributed by atoms with Gasteiger partial charge in [-0.3, -0.25) is 4.79 Å². The average Bonchev–Trinajstić information content (AvgIpc) is 3.10. The molecule has 2 heterocycles. The molecule has 27 heavy (non-hydrogen) atoms. The number of aromatic nitrogens is 1. The Morgan fingerprint density at radius 2 is 2.04 bits per heavy atom. The van der Waals surface area contributed by atoms with E-state index in [-0.39, 0.29) is 18.3 Å². The van der Waals surface area contributed by atoms with Crippen molar-refractivity contribution in [3.05, 3.63) is 71.1 Å². The summed E-state index contributed by atoms with van der Waals surface area (Å²) in [6, 6.07) is 11.6. The van der Waals surface area contributed by atoms with Gasteiger partial charge in [0.2, 0.25) is 0 Å². The van der Waals surface area contributed by atoms with Crippen LogP contribution in [0.1, 0.15) is 12.0 Å². The average molecular weight is 385 g/mol. The van der Waals surface area contributed by atoms with Crippen molar-refractivity contribution < 1.29 is 13.9 Å². The second-order valence-corrected chi connectivity index (χ2v) is 6.89. The Morgan fingerprint density at radius 1 is 1.22 bits per heavy atom. The summed E-state index contributed by atoms with van der Waals surface area (Å²) in [6.07, 6.45) is 4.64. The first kappa shape index (κ1) is 17.6. The van der Waals surface area contributed by atoms with E-state index in [2.05, 4.69) is 4.98 Å². The molecule has 138 valence electrons. The van der Waals surface area contributed by atoms with Crippen molar-refractivity contribution in [2.75, 3.05) is 19.7 Å². The summed E-state index contributed by atoms with van der Waals surface area (Å²) in [5.41, 5.74) is 3.02. The van der Waals surface area contributed by atoms with E-state index in [1.54, 1.807) is 41.3 Å². The van der Waals surface area contributed by atoms with E-state index in [0.717, 1.165) is 28.5 Å². The minimum atomic E-state index is -0.254. The zero-order valence-corrected chi connectivity index (χ0v) is 15.3. The van der Waals surface area contributed by atoms with Crippen LogP contribution in [0.4, 0.5) is 4.39 Å². The lowest BCUT2D eigenvalue weighted by atomic mass is 9.99. The normalized spacial score (nSPS) is 14.3. The van der Waals surface area contributed by atoms with Gasteiger partial charge in [0.15, 0.2) is 6.61 Å². The number of nitrogens with zero attached hydrogens (tertiary/aromatic N) is 1. The maximum atomic E-state index is 13.6. The molecule has 0 saturated carbocycles. The highest BCUT2D eigenvalue weighted by Gasteiger charge is 2.20. The highest BCUT2D eigenvalue weighted by molar-refractivity contribution is 6.30. The van der Waals surface area contributed by atoms with Crippen LogP contribution in [0.15, 0.2) is 54.7 Å². The van der Waals surface area contributed by atoms with Gasteiger partial charge in [-0.05, 0) is 54.5 Å². The van der Waals surface area contributed by atoms with Crippen LogP contribution in [0.25, 0.3) is 16.5 Å². The van der Waals surface area contributed by atoms with Gasteiger partial charge in [0.1, 0.15) is 11.6 Å². The number of hydrogen-bond acceptors (Lipinski definition) is 2. The van der Waals surface area contributed by atoms with Crippen LogP contribution in [0.2, 0.25) is 5.02 Å². The molecule has 4 nitrogen and oxygen atoms in total. The zero-order chi connectivity index (χ0) is 18.8. The number of halogens is 2. The van der Waals surface area contributed by atoms with Gasteiger partial charge in [-0.1, -0.05) is 17.7 Å². The fourth-order valence-electron chi connectivity index (χ4n) is 3.27. The number of carbonyl (C=O) groups is 1. The molecule has 1 amide bonds. The van der Waals surface area contributed by atoms with Crippen LogP contribution in [-0.2, 0) is 4.79 Å². The molecule has 0 aliphatic carbocycles. The Kier molecular flexibility index (Phi) is 4.86. The molecule has 0 fully saturated rings. The van der Waals surface area contributed by atoms with Gasteiger partial charge in [0, 0.05) is 40.8 Å². The molecular weight excluding hydrogens is 367 g/mol. The molecule has 0 saturated heterocycles. The number of carbonyl (C=O) groups excluding carboxylic acids is 1. The van der Waals surface area contributed by atoms with Gasteiger partial charge in [-0.15, -0.1) is 0 Å². The van der Waals surface area contributed by atoms with E-state index >= 15 is 0 Å². The SMILES string of the molecule is O=C(COc1ccc(Cl)cc1)N1CC=C(c2c[nH]c3ccc(F)cc23)CC1. The molecule has 2 aromatic carbocycles. The van der Waals surface area contributed by atoms with Crippen molar-refractivity contribution in [3.8, 4) is 5.75 Å². The van der Waals surface area contributed by atoms with Gasteiger partial charge < -0.3 is 14.6 Å². The lowest BCUT2D eigenvalue weighted by Crippen LogP contribution is -2.37. The molecule has 4 rings (SSSR count). The van der Waals surface area contributed by atoms with Crippen molar-refractivity contribution in [3.63, 3.8) is 0 Å². The number of ether oxygens (including phenoxy) is 1. The lowest BCUT2D eigenvalue weighted by molar-refractivity contribution is -0.132. The first-order chi connectivity index (χ1) is 13.1. The zero-order valence-electron chi connectivity index (χ0n) is 14.5. The number of amides is 1. The number of rotatable bonds is 4. The molecule has 0 spiro atoms. The van der Waals surface area contributed by atoms with Crippen LogP contribution in [0.5, 0.6) is 5.75 Å². The first-order valence-electron chi connectivity index (χ1n) is 8.72. The number of nitrogens with one attached hydrogen (secondary N) is 1. The summed E-state index contributed by atoms with van der Waals surface area (Å²) in [4.78, 5) is 17.3. The predicted octanol–water partition coefficient (Wildman–Crippen LogP) is 4.66. The second-order valence-electron chi connectivity index (χ2n) is 6.45. The topological polar surface area (TPSA) is 45.3 Å². The van der Waals surface area contributed by atoms with Crippen molar-refractivity contribution in [2.24, 2.45) is 0 Å². The molecule has 0 unspecified atom stereocenters. The highest BCUT2D eigenvalue weighted by Crippen LogP contribution is 2.29. The van der Waals surface area contributed by atoms with Gasteiger partial charge in [0.05, 0.1) is 0 Å². The Bertz CT molecular complexity index is 1010. The van der Waals surface area contributed by atoms with Crippen LogP contribution < -0.4 is 4.74 Å². The standard InChI is InChI=1S/C21H18ClFN2O2/c22-15-1-4-17(5-2-15)27-13-21(26)25-9-7-14(8-10-25)19-12-24-20-6-3-16(23)11-18(19)20/h1-7,11-12,24H,8-10,13H2.